The number of benzene rings is 1. The van der Waals surface area contributed by atoms with Crippen molar-refractivity contribution in [2.45, 2.75) is 19.8 Å². The largest absolute Gasteiger partial charge is 0.487 e. The number of nitro groups is 1. The van der Waals surface area contributed by atoms with Crippen molar-refractivity contribution in [2.24, 2.45) is 11.7 Å². The molecule has 2 rings (SSSR count). The van der Waals surface area contributed by atoms with Gasteiger partial charge in [-0.25, -0.2) is 0 Å². The number of piperidine rings is 1. The third kappa shape index (κ3) is 4.69. The number of hydrogen-bond acceptors (Lipinski definition) is 6. The average molecular weight is 364 g/mol. The Bertz CT molecular complexity index is 679. The molecule has 1 aliphatic heterocycles. The van der Waals surface area contributed by atoms with Crippen molar-refractivity contribution in [3.8, 4) is 5.75 Å². The zero-order chi connectivity index (χ0) is 19.1. The van der Waals surface area contributed by atoms with Crippen LogP contribution in [-0.2, 0) is 4.79 Å². The maximum Gasteiger partial charge on any atom is 0.311 e. The lowest BCUT2D eigenvalue weighted by atomic mass is 9.96. The second kappa shape index (κ2) is 9.14. The van der Waals surface area contributed by atoms with Crippen molar-refractivity contribution < 1.29 is 19.2 Å². The van der Waals surface area contributed by atoms with Gasteiger partial charge < -0.3 is 20.7 Å². The van der Waals surface area contributed by atoms with Crippen molar-refractivity contribution >= 4 is 17.5 Å². The van der Waals surface area contributed by atoms with Crippen LogP contribution in [0.2, 0.25) is 0 Å². The van der Waals surface area contributed by atoms with E-state index in [-0.39, 0.29) is 41.3 Å². The maximum atomic E-state index is 12.7. The molecule has 1 aromatic carbocycles. The number of ether oxygens (including phenoxy) is 1. The van der Waals surface area contributed by atoms with Crippen LogP contribution < -0.4 is 15.8 Å². The molecule has 3 N–H and O–H groups in total. The first-order chi connectivity index (χ1) is 12.5. The minimum Gasteiger partial charge on any atom is -0.487 e. The Morgan fingerprint density at radius 2 is 2.23 bits per heavy atom. The fraction of sp³-hybridized carbons (Fsp3) is 0.529. The quantitative estimate of drug-likeness (QED) is 0.547. The Morgan fingerprint density at radius 3 is 2.88 bits per heavy atom. The summed E-state index contributed by atoms with van der Waals surface area (Å²) >= 11 is 0. The first kappa shape index (κ1) is 19.6. The first-order valence-electron chi connectivity index (χ1n) is 8.66. The molecule has 1 heterocycles. The molecule has 1 unspecified atom stereocenters. The van der Waals surface area contributed by atoms with Crippen LogP contribution >= 0.6 is 0 Å². The van der Waals surface area contributed by atoms with Crippen LogP contribution in [0.15, 0.2) is 18.2 Å². The van der Waals surface area contributed by atoms with E-state index < -0.39 is 4.92 Å². The minimum atomic E-state index is -0.568. The highest BCUT2D eigenvalue weighted by Gasteiger charge is 2.29. The highest BCUT2D eigenvalue weighted by atomic mass is 16.6. The molecule has 0 spiro atoms. The number of hydrogen-bond donors (Lipinski definition) is 2. The van der Waals surface area contributed by atoms with Gasteiger partial charge >= 0.3 is 5.69 Å². The van der Waals surface area contributed by atoms with E-state index in [2.05, 4.69) is 5.32 Å². The second-order valence-corrected chi connectivity index (χ2v) is 6.04. The topological polar surface area (TPSA) is 128 Å². The summed E-state index contributed by atoms with van der Waals surface area (Å²) < 4.78 is 5.23. The maximum absolute atomic E-state index is 12.7. The monoisotopic (exact) mass is 364 g/mol. The molecule has 1 aromatic rings. The summed E-state index contributed by atoms with van der Waals surface area (Å²) in [6, 6.07) is 4.17. The van der Waals surface area contributed by atoms with Gasteiger partial charge in [0, 0.05) is 37.8 Å². The molecule has 26 heavy (non-hydrogen) atoms. The van der Waals surface area contributed by atoms with Crippen LogP contribution in [-0.4, -0.2) is 54.4 Å². The number of carbonyl (C=O) groups is 2. The van der Waals surface area contributed by atoms with E-state index in [1.807, 2.05) is 0 Å². The lowest BCUT2D eigenvalue weighted by molar-refractivity contribution is -0.385. The Hall–Kier alpha value is -2.68. The third-order valence-electron chi connectivity index (χ3n) is 4.23. The summed E-state index contributed by atoms with van der Waals surface area (Å²) in [5.74, 6) is -0.609. The molecule has 0 saturated carbocycles. The van der Waals surface area contributed by atoms with Gasteiger partial charge in [0.15, 0.2) is 5.75 Å². The zero-order valence-corrected chi connectivity index (χ0v) is 14.8. The Balaban J connectivity index is 2.13. The number of carbonyl (C=O) groups excluding carboxylic acids is 2. The average Bonchev–Trinajstić information content (AvgIpc) is 2.66. The smallest absolute Gasteiger partial charge is 0.311 e. The SMILES string of the molecule is CCOc1ccc(C(=O)N2CCCC(C(=O)NCCN)C2)cc1[N+](=O)[O-]. The van der Waals surface area contributed by atoms with Crippen LogP contribution in [0.1, 0.15) is 30.1 Å². The molecule has 0 aromatic heterocycles. The number of likely N-dealkylation sites (tertiary alicyclic amines) is 1. The molecule has 9 heteroatoms. The van der Waals surface area contributed by atoms with Gasteiger partial charge in [0.2, 0.25) is 5.91 Å². The molecular weight excluding hydrogens is 340 g/mol. The Morgan fingerprint density at radius 1 is 1.46 bits per heavy atom. The molecule has 0 radical (unpaired) electrons. The molecule has 142 valence electrons. The van der Waals surface area contributed by atoms with E-state index >= 15 is 0 Å². The molecule has 0 bridgehead atoms. The number of nitrogens with two attached hydrogens (primary N) is 1. The normalized spacial score (nSPS) is 16.8. The minimum absolute atomic E-state index is 0.120. The van der Waals surface area contributed by atoms with Crippen LogP contribution in [0.4, 0.5) is 5.69 Å². The molecule has 1 fully saturated rings. The molecule has 1 atom stereocenters. The summed E-state index contributed by atoms with van der Waals surface area (Å²) in [5.41, 5.74) is 5.35. The van der Waals surface area contributed by atoms with Crippen LogP contribution in [0.25, 0.3) is 0 Å². The van der Waals surface area contributed by atoms with E-state index in [4.69, 9.17) is 10.5 Å². The third-order valence-corrected chi connectivity index (χ3v) is 4.23. The number of amides is 2. The van der Waals surface area contributed by atoms with E-state index in [1.54, 1.807) is 11.8 Å². The Labute approximate surface area is 151 Å². The highest BCUT2D eigenvalue weighted by Crippen LogP contribution is 2.29. The van der Waals surface area contributed by atoms with Gasteiger partial charge in [0.25, 0.3) is 5.91 Å². The summed E-state index contributed by atoms with van der Waals surface area (Å²) in [6.45, 7) is 3.58. The highest BCUT2D eigenvalue weighted by molar-refractivity contribution is 5.95. The zero-order valence-electron chi connectivity index (χ0n) is 14.8. The number of rotatable bonds is 7. The van der Waals surface area contributed by atoms with Crippen molar-refractivity contribution in [3.05, 3.63) is 33.9 Å². The number of nitro benzene ring substituents is 1. The number of nitrogens with one attached hydrogen (secondary N) is 1. The van der Waals surface area contributed by atoms with Crippen molar-refractivity contribution in [2.75, 3.05) is 32.8 Å². The van der Waals surface area contributed by atoms with Crippen molar-refractivity contribution in [3.63, 3.8) is 0 Å². The van der Waals surface area contributed by atoms with Gasteiger partial charge in [-0.05, 0) is 31.9 Å². The molecule has 1 aliphatic rings. The van der Waals surface area contributed by atoms with Crippen molar-refractivity contribution in [1.82, 2.24) is 10.2 Å². The predicted molar refractivity (Wildman–Crippen MR) is 95.0 cm³/mol. The summed E-state index contributed by atoms with van der Waals surface area (Å²) in [6.07, 6.45) is 1.40. The second-order valence-electron chi connectivity index (χ2n) is 6.04. The van der Waals surface area contributed by atoms with Gasteiger partial charge in [-0.1, -0.05) is 0 Å². The van der Waals surface area contributed by atoms with E-state index in [1.165, 1.54) is 18.2 Å². The summed E-state index contributed by atoms with van der Waals surface area (Å²) in [5, 5.41) is 14.0. The van der Waals surface area contributed by atoms with Crippen molar-refractivity contribution in [1.29, 1.82) is 0 Å². The van der Waals surface area contributed by atoms with Gasteiger partial charge in [-0.2, -0.15) is 0 Å². The van der Waals surface area contributed by atoms with Gasteiger partial charge in [-0.15, -0.1) is 0 Å². The molecule has 0 aliphatic carbocycles. The lowest BCUT2D eigenvalue weighted by Crippen LogP contribution is -2.46. The molecule has 9 nitrogen and oxygen atoms in total. The fourth-order valence-corrected chi connectivity index (χ4v) is 2.97. The van der Waals surface area contributed by atoms with Crippen LogP contribution in [0.3, 0.4) is 0 Å². The summed E-state index contributed by atoms with van der Waals surface area (Å²) in [4.78, 5) is 37.1. The molecular formula is C17H24N4O5. The first-order valence-corrected chi connectivity index (χ1v) is 8.66. The van der Waals surface area contributed by atoms with Gasteiger partial charge in [-0.3, -0.25) is 19.7 Å². The standard InChI is InChI=1S/C17H24N4O5/c1-2-26-15-6-5-12(10-14(15)21(24)25)17(23)20-9-3-4-13(11-20)16(22)19-8-7-18/h5-6,10,13H,2-4,7-9,11,18H2,1H3,(H,19,22). The molecule has 2 amide bonds. The van der Waals surface area contributed by atoms with E-state index in [0.29, 0.717) is 39.1 Å². The predicted octanol–water partition coefficient (Wildman–Crippen LogP) is 0.921. The van der Waals surface area contributed by atoms with Crippen LogP contribution in [0.5, 0.6) is 5.75 Å². The van der Waals surface area contributed by atoms with Gasteiger partial charge in [0.1, 0.15) is 0 Å². The number of nitrogens with zero attached hydrogens (tertiary/aromatic N) is 2. The van der Waals surface area contributed by atoms with E-state index in [0.717, 1.165) is 0 Å². The summed E-state index contributed by atoms with van der Waals surface area (Å²) in [7, 11) is 0. The van der Waals surface area contributed by atoms with Crippen LogP contribution in [0, 0.1) is 16.0 Å². The van der Waals surface area contributed by atoms with E-state index in [9.17, 15) is 19.7 Å². The Kier molecular flexibility index (Phi) is 6.90. The fourth-order valence-electron chi connectivity index (χ4n) is 2.97. The lowest BCUT2D eigenvalue weighted by Gasteiger charge is -2.32. The molecule has 1 saturated heterocycles. The van der Waals surface area contributed by atoms with Gasteiger partial charge in [0.05, 0.1) is 17.4 Å².